The number of nitrogens with zero attached hydrogens (tertiary/aromatic N) is 1. The minimum atomic E-state index is -0.805. The van der Waals surface area contributed by atoms with Gasteiger partial charge >= 0.3 is 5.97 Å². The number of carboxylic acids is 1. The highest BCUT2D eigenvalue weighted by molar-refractivity contribution is 5.94. The summed E-state index contributed by atoms with van der Waals surface area (Å²) in [4.78, 5) is 25.1. The molecule has 1 saturated heterocycles. The van der Waals surface area contributed by atoms with E-state index in [9.17, 15) is 9.59 Å². The van der Waals surface area contributed by atoms with Crippen molar-refractivity contribution in [2.75, 3.05) is 13.1 Å². The van der Waals surface area contributed by atoms with Crippen molar-refractivity contribution in [3.63, 3.8) is 0 Å². The SMILES string of the molecule is CCCc1ccc(C(=O)N2CCC[C@H](C(=O)O)C2)cc1. The van der Waals surface area contributed by atoms with Crippen molar-refractivity contribution >= 4 is 11.9 Å². The largest absolute Gasteiger partial charge is 0.481 e. The van der Waals surface area contributed by atoms with Gasteiger partial charge in [0.15, 0.2) is 0 Å². The Labute approximate surface area is 119 Å². The molecule has 1 amide bonds. The highest BCUT2D eigenvalue weighted by Gasteiger charge is 2.28. The smallest absolute Gasteiger partial charge is 0.308 e. The predicted molar refractivity (Wildman–Crippen MR) is 76.7 cm³/mol. The van der Waals surface area contributed by atoms with Crippen LogP contribution < -0.4 is 0 Å². The molecule has 0 bridgehead atoms. The fourth-order valence-electron chi connectivity index (χ4n) is 2.65. The molecule has 108 valence electrons. The van der Waals surface area contributed by atoms with Crippen molar-refractivity contribution in [3.05, 3.63) is 35.4 Å². The Morgan fingerprint density at radius 3 is 2.60 bits per heavy atom. The molecule has 1 heterocycles. The van der Waals surface area contributed by atoms with Crippen LogP contribution in [0.15, 0.2) is 24.3 Å². The highest BCUT2D eigenvalue weighted by atomic mass is 16.4. The van der Waals surface area contributed by atoms with Crippen LogP contribution in [0.2, 0.25) is 0 Å². The molecule has 1 aromatic rings. The van der Waals surface area contributed by atoms with Gasteiger partial charge in [-0.15, -0.1) is 0 Å². The maximum atomic E-state index is 12.4. The maximum absolute atomic E-state index is 12.4. The van der Waals surface area contributed by atoms with Gasteiger partial charge in [0.25, 0.3) is 5.91 Å². The normalized spacial score (nSPS) is 18.9. The Morgan fingerprint density at radius 2 is 2.00 bits per heavy atom. The van der Waals surface area contributed by atoms with Gasteiger partial charge in [-0.3, -0.25) is 9.59 Å². The summed E-state index contributed by atoms with van der Waals surface area (Å²) in [5.74, 6) is -1.29. The maximum Gasteiger partial charge on any atom is 0.308 e. The second kappa shape index (κ2) is 6.55. The van der Waals surface area contributed by atoms with Crippen LogP contribution in [-0.2, 0) is 11.2 Å². The first kappa shape index (κ1) is 14.6. The Hall–Kier alpha value is -1.84. The van der Waals surface area contributed by atoms with Crippen LogP contribution in [0.5, 0.6) is 0 Å². The third kappa shape index (κ3) is 3.38. The van der Waals surface area contributed by atoms with Gasteiger partial charge in [-0.25, -0.2) is 0 Å². The number of aliphatic carboxylic acids is 1. The van der Waals surface area contributed by atoms with Crippen molar-refractivity contribution in [2.24, 2.45) is 5.92 Å². The molecular weight excluding hydrogens is 254 g/mol. The van der Waals surface area contributed by atoms with Crippen LogP contribution >= 0.6 is 0 Å². The molecule has 0 radical (unpaired) electrons. The lowest BCUT2D eigenvalue weighted by Gasteiger charge is -2.30. The molecule has 0 unspecified atom stereocenters. The van der Waals surface area contributed by atoms with Gasteiger partial charge in [0.2, 0.25) is 0 Å². The lowest BCUT2D eigenvalue weighted by molar-refractivity contribution is -0.143. The number of hydrogen-bond acceptors (Lipinski definition) is 2. The zero-order valence-corrected chi connectivity index (χ0v) is 11.8. The zero-order valence-electron chi connectivity index (χ0n) is 11.8. The number of carbonyl (C=O) groups excluding carboxylic acids is 1. The number of aryl methyl sites for hydroxylation is 1. The Morgan fingerprint density at radius 1 is 1.30 bits per heavy atom. The second-order valence-electron chi connectivity index (χ2n) is 5.38. The van der Waals surface area contributed by atoms with Crippen LogP contribution in [-0.4, -0.2) is 35.0 Å². The van der Waals surface area contributed by atoms with E-state index in [4.69, 9.17) is 5.11 Å². The molecular formula is C16H21NO3. The van der Waals surface area contributed by atoms with E-state index in [1.165, 1.54) is 5.56 Å². The topological polar surface area (TPSA) is 57.6 Å². The molecule has 4 heteroatoms. The van der Waals surface area contributed by atoms with Crippen molar-refractivity contribution in [2.45, 2.75) is 32.6 Å². The van der Waals surface area contributed by atoms with Crippen molar-refractivity contribution in [1.82, 2.24) is 4.90 Å². The van der Waals surface area contributed by atoms with E-state index >= 15 is 0 Å². The summed E-state index contributed by atoms with van der Waals surface area (Å²) in [5.41, 5.74) is 1.88. The number of carboxylic acid groups (broad SMARTS) is 1. The molecule has 0 aromatic heterocycles. The van der Waals surface area contributed by atoms with Gasteiger partial charge in [0.1, 0.15) is 0 Å². The first-order valence-electron chi connectivity index (χ1n) is 7.23. The zero-order chi connectivity index (χ0) is 14.5. The standard InChI is InChI=1S/C16H21NO3/c1-2-4-12-6-8-13(9-7-12)15(18)17-10-3-5-14(11-17)16(19)20/h6-9,14H,2-5,10-11H2,1H3,(H,19,20)/t14-/m0/s1. The molecule has 1 atom stereocenters. The van der Waals surface area contributed by atoms with Gasteiger partial charge in [-0.05, 0) is 37.0 Å². The number of carbonyl (C=O) groups is 2. The van der Waals surface area contributed by atoms with Crippen LogP contribution in [0.4, 0.5) is 0 Å². The Balaban J connectivity index is 2.04. The minimum Gasteiger partial charge on any atom is -0.481 e. The molecule has 0 aliphatic carbocycles. The summed E-state index contributed by atoms with van der Waals surface area (Å²) in [7, 11) is 0. The first-order valence-corrected chi connectivity index (χ1v) is 7.23. The Bertz CT molecular complexity index is 481. The van der Waals surface area contributed by atoms with E-state index in [2.05, 4.69) is 6.92 Å². The summed E-state index contributed by atoms with van der Waals surface area (Å²) < 4.78 is 0. The monoisotopic (exact) mass is 275 g/mol. The van der Waals surface area contributed by atoms with E-state index in [0.717, 1.165) is 19.3 Å². The molecule has 1 aliphatic heterocycles. The first-order chi connectivity index (χ1) is 9.61. The summed E-state index contributed by atoms with van der Waals surface area (Å²) in [6, 6.07) is 7.65. The average Bonchev–Trinajstić information content (AvgIpc) is 2.48. The summed E-state index contributed by atoms with van der Waals surface area (Å²) >= 11 is 0. The number of amides is 1. The molecule has 0 saturated carbocycles. The van der Waals surface area contributed by atoms with Crippen LogP contribution in [0, 0.1) is 5.92 Å². The van der Waals surface area contributed by atoms with Crippen LogP contribution in [0.1, 0.15) is 42.1 Å². The highest BCUT2D eigenvalue weighted by Crippen LogP contribution is 2.19. The lowest BCUT2D eigenvalue weighted by atomic mass is 9.97. The predicted octanol–water partition coefficient (Wildman–Crippen LogP) is 2.58. The molecule has 20 heavy (non-hydrogen) atoms. The molecule has 1 N–H and O–H groups in total. The summed E-state index contributed by atoms with van der Waals surface area (Å²) in [6.45, 7) is 3.10. The number of benzene rings is 1. The van der Waals surface area contributed by atoms with Crippen molar-refractivity contribution < 1.29 is 14.7 Å². The lowest BCUT2D eigenvalue weighted by Crippen LogP contribution is -2.42. The average molecular weight is 275 g/mol. The number of hydrogen-bond donors (Lipinski definition) is 1. The van der Waals surface area contributed by atoms with Crippen molar-refractivity contribution in [3.8, 4) is 0 Å². The molecule has 2 rings (SSSR count). The fraction of sp³-hybridized carbons (Fsp3) is 0.500. The summed E-state index contributed by atoms with van der Waals surface area (Å²) in [6.07, 6.45) is 3.52. The third-order valence-corrected chi connectivity index (χ3v) is 3.80. The van der Waals surface area contributed by atoms with E-state index in [1.54, 1.807) is 4.90 Å². The second-order valence-corrected chi connectivity index (χ2v) is 5.38. The number of piperidine rings is 1. The van der Waals surface area contributed by atoms with Gasteiger partial charge in [0, 0.05) is 18.7 Å². The van der Waals surface area contributed by atoms with E-state index in [1.807, 2.05) is 24.3 Å². The van der Waals surface area contributed by atoms with Gasteiger partial charge in [0.05, 0.1) is 5.92 Å². The number of likely N-dealkylation sites (tertiary alicyclic amines) is 1. The molecule has 4 nitrogen and oxygen atoms in total. The molecule has 0 spiro atoms. The Kier molecular flexibility index (Phi) is 4.77. The van der Waals surface area contributed by atoms with E-state index in [0.29, 0.717) is 25.1 Å². The third-order valence-electron chi connectivity index (χ3n) is 3.80. The van der Waals surface area contributed by atoms with Crippen molar-refractivity contribution in [1.29, 1.82) is 0 Å². The van der Waals surface area contributed by atoms with Crippen LogP contribution in [0.25, 0.3) is 0 Å². The van der Waals surface area contributed by atoms with Gasteiger partial charge < -0.3 is 10.0 Å². The van der Waals surface area contributed by atoms with E-state index < -0.39 is 11.9 Å². The van der Waals surface area contributed by atoms with Crippen LogP contribution in [0.3, 0.4) is 0 Å². The molecule has 1 aromatic carbocycles. The fourth-order valence-corrected chi connectivity index (χ4v) is 2.65. The van der Waals surface area contributed by atoms with Gasteiger partial charge in [-0.1, -0.05) is 25.5 Å². The van der Waals surface area contributed by atoms with E-state index in [-0.39, 0.29) is 5.91 Å². The minimum absolute atomic E-state index is 0.0565. The summed E-state index contributed by atoms with van der Waals surface area (Å²) in [5, 5.41) is 9.07. The quantitative estimate of drug-likeness (QED) is 0.918. The molecule has 1 aliphatic rings. The van der Waals surface area contributed by atoms with Gasteiger partial charge in [-0.2, -0.15) is 0 Å². The molecule has 1 fully saturated rings. The number of rotatable bonds is 4.